The molecule has 1 amide bonds. The van der Waals surface area contributed by atoms with E-state index in [1.54, 1.807) is 24.3 Å². The second-order valence-corrected chi connectivity index (χ2v) is 7.43. The van der Waals surface area contributed by atoms with Gasteiger partial charge in [0.05, 0.1) is 25.2 Å². The summed E-state index contributed by atoms with van der Waals surface area (Å²) in [6, 6.07) is 6.47. The van der Waals surface area contributed by atoms with Gasteiger partial charge in [0.15, 0.2) is 23.0 Å². The monoisotopic (exact) mass is 455 g/mol. The maximum absolute atomic E-state index is 13.2. The van der Waals surface area contributed by atoms with E-state index >= 15 is 0 Å². The van der Waals surface area contributed by atoms with E-state index in [-0.39, 0.29) is 65.1 Å². The van der Waals surface area contributed by atoms with Crippen molar-refractivity contribution in [3.05, 3.63) is 36.4 Å². The van der Waals surface area contributed by atoms with Crippen molar-refractivity contribution in [1.82, 2.24) is 14.9 Å². The van der Waals surface area contributed by atoms with Gasteiger partial charge in [-0.25, -0.2) is 4.98 Å². The van der Waals surface area contributed by atoms with Gasteiger partial charge in [-0.2, -0.15) is 4.98 Å². The van der Waals surface area contributed by atoms with Crippen LogP contribution in [0.2, 0.25) is 0 Å². The van der Waals surface area contributed by atoms with Crippen molar-refractivity contribution in [2.24, 2.45) is 0 Å². The number of anilines is 2. The van der Waals surface area contributed by atoms with Crippen LogP contribution in [0.4, 0.5) is 11.8 Å². The number of amides is 1. The summed E-state index contributed by atoms with van der Waals surface area (Å²) in [5.74, 6) is 0.447. The molecule has 2 N–H and O–H groups in total. The topological polar surface area (TPSA) is 112 Å². The van der Waals surface area contributed by atoms with Crippen molar-refractivity contribution in [3.63, 3.8) is 0 Å². The Balaban J connectivity index is 1.36. The molecule has 0 spiro atoms. The number of benzene rings is 2. The van der Waals surface area contributed by atoms with Crippen LogP contribution in [0.1, 0.15) is 5.48 Å². The van der Waals surface area contributed by atoms with Gasteiger partial charge in [-0.3, -0.25) is 4.79 Å². The number of rotatable bonds is 4. The summed E-state index contributed by atoms with van der Waals surface area (Å²) in [5, 5.41) is 0.192. The van der Waals surface area contributed by atoms with Crippen LogP contribution in [-0.4, -0.2) is 73.8 Å². The number of methoxy groups -OCH3 is 2. The molecule has 1 saturated heterocycles. The Bertz CT molecular complexity index is 1380. The summed E-state index contributed by atoms with van der Waals surface area (Å²) >= 11 is 0. The van der Waals surface area contributed by atoms with Gasteiger partial charge < -0.3 is 34.5 Å². The van der Waals surface area contributed by atoms with Crippen molar-refractivity contribution in [2.75, 3.05) is 57.6 Å². The Morgan fingerprint density at radius 1 is 1.12 bits per heavy atom. The molecule has 10 nitrogen and oxygen atoms in total. The minimum absolute atomic E-state index is 0.0255. The molecule has 10 heteroatoms. The van der Waals surface area contributed by atoms with Gasteiger partial charge in [-0.1, -0.05) is 12.1 Å². The number of carbonyl (C=O) groups excluding carboxylic acids is 1. The van der Waals surface area contributed by atoms with E-state index in [0.717, 1.165) is 0 Å². The molecule has 0 aliphatic carbocycles. The van der Waals surface area contributed by atoms with Gasteiger partial charge in [-0.05, 0) is 18.2 Å². The van der Waals surface area contributed by atoms with Gasteiger partial charge in [0.1, 0.15) is 12.4 Å². The Labute approximate surface area is 196 Å². The molecule has 2 aliphatic heterocycles. The quantitative estimate of drug-likeness (QED) is 0.628. The molecule has 3 heterocycles. The average Bonchev–Trinajstić information content (AvgIpc) is 2.88. The first-order valence-corrected chi connectivity index (χ1v) is 10.3. The van der Waals surface area contributed by atoms with E-state index in [2.05, 4.69) is 9.97 Å². The number of piperazine rings is 1. The fourth-order valence-electron chi connectivity index (χ4n) is 3.74. The molecule has 33 heavy (non-hydrogen) atoms. The zero-order valence-electron chi connectivity index (χ0n) is 22.1. The van der Waals surface area contributed by atoms with E-state index < -0.39 is 18.6 Å². The zero-order valence-corrected chi connectivity index (χ0v) is 18.1. The number of aromatic nitrogens is 2. The highest BCUT2D eigenvalue weighted by molar-refractivity contribution is 5.91. The summed E-state index contributed by atoms with van der Waals surface area (Å²) in [6.07, 6.45) is -1.45. The number of nitrogens with zero attached hydrogens (tertiary/aromatic N) is 4. The molecule has 1 unspecified atom stereocenters. The number of ether oxygens (including phenoxy) is 4. The molecule has 2 aromatic carbocycles. The summed E-state index contributed by atoms with van der Waals surface area (Å²) in [5.41, 5.74) is 6.33. The summed E-state index contributed by atoms with van der Waals surface area (Å²) in [4.78, 5) is 25.4. The molecule has 0 radical (unpaired) electrons. The Hall–Kier alpha value is -3.95. The molecule has 0 bridgehead atoms. The lowest BCUT2D eigenvalue weighted by atomic mass is 10.2. The molecule has 1 aromatic heterocycles. The number of hydrogen-bond acceptors (Lipinski definition) is 9. The van der Waals surface area contributed by atoms with E-state index in [1.807, 2.05) is 4.90 Å². The van der Waals surface area contributed by atoms with Gasteiger partial charge in [-0.15, -0.1) is 0 Å². The van der Waals surface area contributed by atoms with Gasteiger partial charge in [0, 0.05) is 37.6 Å². The van der Waals surface area contributed by atoms with Crippen LogP contribution in [0.5, 0.6) is 23.0 Å². The fraction of sp³-hybridized carbons (Fsp3) is 0.348. The van der Waals surface area contributed by atoms with Crippen LogP contribution in [-0.2, 0) is 4.79 Å². The predicted molar refractivity (Wildman–Crippen MR) is 122 cm³/mol. The van der Waals surface area contributed by atoms with Crippen LogP contribution < -0.4 is 29.6 Å². The van der Waals surface area contributed by atoms with Crippen LogP contribution in [0.25, 0.3) is 10.9 Å². The SMILES string of the molecule is [2H]c1c(OC)c(OC)c([2H])c2c(N)nc(N3CCN(C(=O)C4Oc5ccccc5OC4([2H])[2H])CC3)nc12. The molecule has 0 saturated carbocycles. The molecule has 1 atom stereocenters. The van der Waals surface area contributed by atoms with E-state index in [9.17, 15) is 4.79 Å². The van der Waals surface area contributed by atoms with Crippen LogP contribution in [0.3, 0.4) is 0 Å². The third kappa shape index (κ3) is 3.88. The first-order chi connectivity index (χ1) is 17.7. The summed E-state index contributed by atoms with van der Waals surface area (Å²) in [6.45, 7) is -1.17. The first kappa shape index (κ1) is 16.7. The summed E-state index contributed by atoms with van der Waals surface area (Å²) < 4.78 is 55.0. The van der Waals surface area contributed by atoms with Crippen LogP contribution >= 0.6 is 0 Å². The van der Waals surface area contributed by atoms with Gasteiger partial charge in [0.2, 0.25) is 12.1 Å². The average molecular weight is 456 g/mol. The van der Waals surface area contributed by atoms with Crippen molar-refractivity contribution < 1.29 is 29.2 Å². The Morgan fingerprint density at radius 2 is 1.82 bits per heavy atom. The van der Waals surface area contributed by atoms with Crippen molar-refractivity contribution in [1.29, 1.82) is 0 Å². The molecule has 2 aliphatic rings. The third-order valence-corrected chi connectivity index (χ3v) is 5.48. The van der Waals surface area contributed by atoms with Crippen molar-refractivity contribution >= 4 is 28.6 Å². The number of nitrogens with two attached hydrogens (primary N) is 1. The minimum atomic E-state index is -2.34. The number of nitrogen functional groups attached to an aromatic ring is 1. The highest BCUT2D eigenvalue weighted by Crippen LogP contribution is 2.34. The largest absolute Gasteiger partial charge is 0.493 e. The number of carbonyl (C=O) groups is 1. The summed E-state index contributed by atoms with van der Waals surface area (Å²) in [7, 11) is 2.76. The predicted octanol–water partition coefficient (Wildman–Crippen LogP) is 1.72. The fourth-order valence-corrected chi connectivity index (χ4v) is 3.74. The normalized spacial score (nSPS) is 21.0. The van der Waals surface area contributed by atoms with Gasteiger partial charge in [0.25, 0.3) is 5.91 Å². The maximum Gasteiger partial charge on any atom is 0.267 e. The lowest BCUT2D eigenvalue weighted by molar-refractivity contribution is -0.141. The smallest absolute Gasteiger partial charge is 0.267 e. The minimum Gasteiger partial charge on any atom is -0.493 e. The zero-order chi connectivity index (χ0) is 26.5. The highest BCUT2D eigenvalue weighted by atomic mass is 16.6. The first-order valence-electron chi connectivity index (χ1n) is 12.3. The Morgan fingerprint density at radius 3 is 2.55 bits per heavy atom. The van der Waals surface area contributed by atoms with Crippen LogP contribution in [0.15, 0.2) is 36.4 Å². The van der Waals surface area contributed by atoms with E-state index in [0.29, 0.717) is 18.8 Å². The van der Waals surface area contributed by atoms with Crippen LogP contribution in [0, 0.1) is 0 Å². The maximum atomic E-state index is 13.2. The third-order valence-electron chi connectivity index (χ3n) is 5.48. The van der Waals surface area contributed by atoms with Crippen molar-refractivity contribution in [3.8, 4) is 23.0 Å². The molecule has 1 fully saturated rings. The van der Waals surface area contributed by atoms with E-state index in [1.165, 1.54) is 19.1 Å². The lowest BCUT2D eigenvalue weighted by Crippen LogP contribution is -2.54. The second-order valence-electron chi connectivity index (χ2n) is 7.43. The molecular weight excluding hydrogens is 426 g/mol. The Kier molecular flexibility index (Phi) is 4.30. The molecular formula is C23H25N5O5. The highest BCUT2D eigenvalue weighted by Gasteiger charge is 2.33. The van der Waals surface area contributed by atoms with Crippen molar-refractivity contribution in [2.45, 2.75) is 6.10 Å². The molecule has 3 aromatic rings. The molecule has 172 valence electrons. The number of fused-ring (bicyclic) bond motifs is 2. The standard InChI is InChI=1S/C23H25N5O5/c1-30-18-11-14-15(12-19(18)31-2)25-23(26-21(14)24)28-9-7-27(8-10-28)22(29)20-13-32-16-5-3-4-6-17(16)33-20/h3-6,11-12,20H,7-10,13H2,1-2H3,(H2,24,25,26)/i11D,12D,13D2. The number of hydrogen-bond donors (Lipinski definition) is 1. The molecule has 5 rings (SSSR count). The van der Waals surface area contributed by atoms with E-state index in [4.69, 9.17) is 30.2 Å². The second kappa shape index (κ2) is 8.53. The lowest BCUT2D eigenvalue weighted by Gasteiger charge is -2.37. The van der Waals surface area contributed by atoms with Gasteiger partial charge >= 0.3 is 0 Å². The number of para-hydroxylation sites is 2.